The van der Waals surface area contributed by atoms with Crippen LogP contribution in [-0.2, 0) is 18.4 Å². The molecule has 0 aliphatic carbocycles. The van der Waals surface area contributed by atoms with Crippen LogP contribution in [0.1, 0.15) is 18.1 Å². The van der Waals surface area contributed by atoms with Gasteiger partial charge in [-0.05, 0) is 48.7 Å². The molecule has 3 heterocycles. The lowest BCUT2D eigenvalue weighted by Gasteiger charge is -2.12. The Kier molecular flexibility index (Phi) is 6.04. The number of benzene rings is 2. The molecule has 3 aromatic heterocycles. The fourth-order valence-electron chi connectivity index (χ4n) is 4.40. The van der Waals surface area contributed by atoms with Gasteiger partial charge in [-0.3, -0.25) is 9.48 Å². The van der Waals surface area contributed by atoms with Gasteiger partial charge in [0.05, 0.1) is 23.8 Å². The van der Waals surface area contributed by atoms with Crippen LogP contribution in [0.4, 0.5) is 15.9 Å². The number of fused-ring (bicyclic) bond motifs is 1. The summed E-state index contributed by atoms with van der Waals surface area (Å²) >= 11 is 0. The first kappa shape index (κ1) is 23.9. The highest BCUT2D eigenvalue weighted by molar-refractivity contribution is 6.08. The van der Waals surface area contributed by atoms with E-state index in [1.54, 1.807) is 23.9 Å². The van der Waals surface area contributed by atoms with Gasteiger partial charge in [0.1, 0.15) is 23.6 Å². The molecule has 2 aromatic carbocycles. The monoisotopic (exact) mass is 495 g/mol. The van der Waals surface area contributed by atoms with E-state index >= 15 is 4.39 Å². The molecule has 0 unspecified atom stereocenters. The number of aromatic nitrogens is 5. The van der Waals surface area contributed by atoms with Crippen LogP contribution in [0.5, 0.6) is 0 Å². The Morgan fingerprint density at radius 3 is 2.51 bits per heavy atom. The van der Waals surface area contributed by atoms with Crippen LogP contribution in [0.25, 0.3) is 33.4 Å². The molecule has 0 radical (unpaired) electrons. The molecule has 8 nitrogen and oxygen atoms in total. The van der Waals surface area contributed by atoms with Crippen LogP contribution < -0.4 is 11.1 Å². The van der Waals surface area contributed by atoms with Gasteiger partial charge in [-0.15, -0.1) is 0 Å². The lowest BCUT2D eigenvalue weighted by molar-refractivity contribution is -0.112. The molecule has 0 atom stereocenters. The van der Waals surface area contributed by atoms with E-state index in [4.69, 9.17) is 5.73 Å². The van der Waals surface area contributed by atoms with E-state index in [1.807, 2.05) is 55.1 Å². The molecule has 0 bridgehead atoms. The summed E-state index contributed by atoms with van der Waals surface area (Å²) in [6.45, 7) is 7.59. The molecule has 0 aliphatic rings. The minimum atomic E-state index is -0.345. The van der Waals surface area contributed by atoms with Gasteiger partial charge in [0.25, 0.3) is 5.91 Å². The van der Waals surface area contributed by atoms with Gasteiger partial charge in [0.15, 0.2) is 0 Å². The quantitative estimate of drug-likeness (QED) is 0.319. The molecule has 5 rings (SSSR count). The van der Waals surface area contributed by atoms with Crippen molar-refractivity contribution in [1.82, 2.24) is 24.3 Å². The third kappa shape index (κ3) is 4.47. The van der Waals surface area contributed by atoms with Crippen molar-refractivity contribution < 1.29 is 9.18 Å². The highest BCUT2D eigenvalue weighted by atomic mass is 19.1. The van der Waals surface area contributed by atoms with Crippen molar-refractivity contribution in [3.8, 4) is 22.4 Å². The first-order valence-electron chi connectivity index (χ1n) is 11.7. The van der Waals surface area contributed by atoms with E-state index in [-0.39, 0.29) is 11.7 Å². The number of amides is 1. The number of nitrogens with two attached hydrogens (primary N) is 1. The zero-order valence-electron chi connectivity index (χ0n) is 20.8. The number of nitrogens with zero attached hydrogens (tertiary/aromatic N) is 5. The number of hydrogen-bond donors (Lipinski definition) is 2. The van der Waals surface area contributed by atoms with Gasteiger partial charge in [0, 0.05) is 35.6 Å². The van der Waals surface area contributed by atoms with Crippen LogP contribution in [0, 0.1) is 12.7 Å². The summed E-state index contributed by atoms with van der Waals surface area (Å²) in [5.41, 5.74) is 12.6. The normalized spacial score (nSPS) is 11.1. The smallest absolute Gasteiger partial charge is 0.250 e. The summed E-state index contributed by atoms with van der Waals surface area (Å²) in [6, 6.07) is 12.5. The zero-order chi connectivity index (χ0) is 26.3. The summed E-state index contributed by atoms with van der Waals surface area (Å²) < 4.78 is 19.0. The predicted octanol–water partition coefficient (Wildman–Crippen LogP) is 5.09. The van der Waals surface area contributed by atoms with E-state index in [2.05, 4.69) is 27.0 Å². The lowest BCUT2D eigenvalue weighted by atomic mass is 9.97. The Morgan fingerprint density at radius 2 is 1.86 bits per heavy atom. The molecule has 9 heteroatoms. The largest absolute Gasteiger partial charge is 0.383 e. The molecule has 1 amide bonds. The molecule has 0 aliphatic heterocycles. The number of halogens is 1. The molecular formula is C28H26FN7O. The zero-order valence-corrected chi connectivity index (χ0v) is 20.8. The van der Waals surface area contributed by atoms with Crippen LogP contribution >= 0.6 is 0 Å². The number of nitrogens with one attached hydrogen (secondary N) is 1. The molecular weight excluding hydrogens is 469 g/mol. The minimum Gasteiger partial charge on any atom is -0.383 e. The summed E-state index contributed by atoms with van der Waals surface area (Å²) in [5, 5.41) is 7.71. The van der Waals surface area contributed by atoms with Crippen molar-refractivity contribution in [2.75, 3.05) is 11.1 Å². The number of aryl methyl sites for hydroxylation is 2. The second-order valence-electron chi connectivity index (χ2n) is 9.07. The summed E-state index contributed by atoms with van der Waals surface area (Å²) in [7, 11) is 1.88. The average Bonchev–Trinajstić information content (AvgIpc) is 3.42. The fourth-order valence-corrected chi connectivity index (χ4v) is 4.40. The Hall–Kier alpha value is -4.79. The predicted molar refractivity (Wildman–Crippen MR) is 143 cm³/mol. The minimum absolute atomic E-state index is 0.248. The van der Waals surface area contributed by atoms with E-state index < -0.39 is 0 Å². The topological polar surface area (TPSA) is 104 Å². The van der Waals surface area contributed by atoms with Crippen molar-refractivity contribution in [3.05, 3.63) is 90.3 Å². The number of carbonyl (C=O) groups is 1. The highest BCUT2D eigenvalue weighted by Crippen LogP contribution is 2.42. The van der Waals surface area contributed by atoms with Gasteiger partial charge in [-0.1, -0.05) is 30.8 Å². The molecule has 0 saturated heterocycles. The van der Waals surface area contributed by atoms with E-state index in [0.29, 0.717) is 45.8 Å². The summed E-state index contributed by atoms with van der Waals surface area (Å²) in [4.78, 5) is 20.6. The maximum Gasteiger partial charge on any atom is 0.250 e. The van der Waals surface area contributed by atoms with Crippen LogP contribution in [-0.4, -0.2) is 30.2 Å². The molecule has 0 saturated carbocycles. The van der Waals surface area contributed by atoms with Crippen LogP contribution in [0.3, 0.4) is 0 Å². The number of anilines is 2. The van der Waals surface area contributed by atoms with E-state index in [0.717, 1.165) is 22.4 Å². The third-order valence-electron chi connectivity index (χ3n) is 6.24. The van der Waals surface area contributed by atoms with E-state index in [1.165, 1.54) is 12.4 Å². The standard InChI is InChI=1S/C28H26FN7O/c1-16(2)28(37)34-21-9-7-18(8-10-21)25-23(24-26(30)31-15-32-27(24)35(25)4)19-5-6-20(22(29)11-19)14-36-13-17(3)12-33-36/h5-13,15H,1,14H2,2-4H3,(H,34,37)(H2,30,31,32). The maximum absolute atomic E-state index is 15.4. The molecule has 0 fully saturated rings. The van der Waals surface area contributed by atoms with Crippen LogP contribution in [0.2, 0.25) is 0 Å². The Morgan fingerprint density at radius 1 is 1.14 bits per heavy atom. The second kappa shape index (κ2) is 9.34. The Labute approximate surface area is 213 Å². The second-order valence-corrected chi connectivity index (χ2v) is 9.07. The van der Waals surface area contributed by atoms with Crippen molar-refractivity contribution in [2.45, 2.75) is 20.4 Å². The third-order valence-corrected chi connectivity index (χ3v) is 6.24. The van der Waals surface area contributed by atoms with Gasteiger partial charge >= 0.3 is 0 Å². The Balaban J connectivity index is 1.62. The lowest BCUT2D eigenvalue weighted by Crippen LogP contribution is -2.11. The molecule has 186 valence electrons. The summed E-state index contributed by atoms with van der Waals surface area (Å²) in [5.74, 6) is -0.285. The number of nitrogen functional groups attached to an aromatic ring is 1. The number of rotatable bonds is 6. The summed E-state index contributed by atoms with van der Waals surface area (Å²) in [6.07, 6.45) is 5.03. The first-order valence-corrected chi connectivity index (χ1v) is 11.7. The maximum atomic E-state index is 15.4. The first-order chi connectivity index (χ1) is 17.7. The Bertz CT molecular complexity index is 1660. The highest BCUT2D eigenvalue weighted by Gasteiger charge is 2.22. The van der Waals surface area contributed by atoms with Crippen LogP contribution in [0.15, 0.2) is 73.3 Å². The van der Waals surface area contributed by atoms with Crippen molar-refractivity contribution in [1.29, 1.82) is 0 Å². The number of carbonyl (C=O) groups excluding carboxylic acids is 1. The van der Waals surface area contributed by atoms with Crippen molar-refractivity contribution in [2.24, 2.45) is 7.05 Å². The fraction of sp³-hybridized carbons (Fsp3) is 0.143. The van der Waals surface area contributed by atoms with Gasteiger partial charge < -0.3 is 15.6 Å². The molecule has 0 spiro atoms. The SMILES string of the molecule is C=C(C)C(=O)Nc1ccc(-c2c(-c3ccc(Cn4cc(C)cn4)c(F)c3)c3c(N)ncnc3n2C)cc1. The van der Waals surface area contributed by atoms with Gasteiger partial charge in [-0.25, -0.2) is 14.4 Å². The average molecular weight is 496 g/mol. The van der Waals surface area contributed by atoms with E-state index in [9.17, 15) is 4.79 Å². The molecule has 5 aromatic rings. The van der Waals surface area contributed by atoms with Gasteiger partial charge in [-0.2, -0.15) is 5.10 Å². The van der Waals surface area contributed by atoms with Crippen molar-refractivity contribution in [3.63, 3.8) is 0 Å². The van der Waals surface area contributed by atoms with Gasteiger partial charge in [0.2, 0.25) is 0 Å². The van der Waals surface area contributed by atoms with Crippen molar-refractivity contribution >= 4 is 28.4 Å². The molecule has 3 N–H and O–H groups in total. The number of hydrogen-bond acceptors (Lipinski definition) is 5. The molecule has 37 heavy (non-hydrogen) atoms.